The van der Waals surface area contributed by atoms with E-state index in [2.05, 4.69) is 20.3 Å². The van der Waals surface area contributed by atoms with Crippen LogP contribution in [0.4, 0.5) is 5.13 Å². The summed E-state index contributed by atoms with van der Waals surface area (Å²) in [6, 6.07) is 16.9. The molecule has 0 bridgehead atoms. The number of imidazole rings is 1. The lowest BCUT2D eigenvalue weighted by Crippen LogP contribution is -2.17. The second kappa shape index (κ2) is 7.29. The molecule has 0 aliphatic rings. The van der Waals surface area contributed by atoms with Crippen molar-refractivity contribution in [2.45, 2.75) is 6.92 Å². The van der Waals surface area contributed by atoms with E-state index in [1.807, 2.05) is 55.5 Å². The van der Waals surface area contributed by atoms with Gasteiger partial charge in [0.05, 0.1) is 15.9 Å². The number of hydrogen-bond acceptors (Lipinski definition) is 6. The number of aryl methyl sites for hydroxylation is 1. The van der Waals surface area contributed by atoms with Crippen LogP contribution < -0.4 is 11.1 Å². The Hall–Kier alpha value is -4.11. The van der Waals surface area contributed by atoms with Crippen LogP contribution in [0.25, 0.3) is 27.1 Å². The number of carbonyl (C=O) groups excluding carboxylic acids is 2. The molecule has 2 amide bonds. The van der Waals surface area contributed by atoms with Crippen molar-refractivity contribution in [1.82, 2.24) is 19.4 Å². The van der Waals surface area contributed by atoms with Gasteiger partial charge in [-0.1, -0.05) is 53.8 Å². The molecule has 0 radical (unpaired) electrons. The van der Waals surface area contributed by atoms with Crippen LogP contribution in [-0.4, -0.2) is 31.2 Å². The van der Waals surface area contributed by atoms with E-state index in [0.29, 0.717) is 10.8 Å². The molecule has 0 saturated heterocycles. The monoisotopic (exact) mass is 428 g/mol. The summed E-state index contributed by atoms with van der Waals surface area (Å²) in [5.74, 6) is -1.11. The van der Waals surface area contributed by atoms with Crippen molar-refractivity contribution in [3.05, 3.63) is 77.9 Å². The summed E-state index contributed by atoms with van der Waals surface area (Å²) in [5, 5.41) is 3.34. The summed E-state index contributed by atoms with van der Waals surface area (Å²) in [6.45, 7) is 1.98. The second-order valence-electron chi connectivity index (χ2n) is 6.94. The number of aromatic nitrogens is 4. The summed E-state index contributed by atoms with van der Waals surface area (Å²) in [6.07, 6.45) is 1.37. The largest absolute Gasteiger partial charge is 0.364 e. The fourth-order valence-electron chi connectivity index (χ4n) is 3.38. The zero-order valence-electron chi connectivity index (χ0n) is 16.4. The van der Waals surface area contributed by atoms with Crippen molar-refractivity contribution < 1.29 is 9.59 Å². The van der Waals surface area contributed by atoms with Gasteiger partial charge in [0.25, 0.3) is 11.8 Å². The first-order chi connectivity index (χ1) is 15.0. The predicted octanol–water partition coefficient (Wildman–Crippen LogP) is 3.67. The highest BCUT2D eigenvalue weighted by atomic mass is 32.1. The van der Waals surface area contributed by atoms with E-state index in [1.54, 1.807) is 6.07 Å². The number of para-hydroxylation sites is 1. The van der Waals surface area contributed by atoms with Gasteiger partial charge >= 0.3 is 0 Å². The molecular weight excluding hydrogens is 412 g/mol. The maximum atomic E-state index is 13.2. The Morgan fingerprint density at radius 2 is 1.87 bits per heavy atom. The van der Waals surface area contributed by atoms with Crippen LogP contribution in [0.2, 0.25) is 0 Å². The number of primary amides is 1. The minimum absolute atomic E-state index is 0.00226. The molecule has 152 valence electrons. The fraction of sp³-hybridized carbons (Fsp3) is 0.0455. The highest BCUT2D eigenvalue weighted by molar-refractivity contribution is 7.22. The molecule has 9 heteroatoms. The van der Waals surface area contributed by atoms with E-state index in [1.165, 1.54) is 22.1 Å². The zero-order chi connectivity index (χ0) is 21.5. The Kier molecular flexibility index (Phi) is 4.45. The number of anilines is 1. The third-order valence-electron chi connectivity index (χ3n) is 4.88. The Morgan fingerprint density at radius 3 is 2.61 bits per heavy atom. The van der Waals surface area contributed by atoms with Gasteiger partial charge in [-0.05, 0) is 24.6 Å². The molecule has 5 aromatic rings. The van der Waals surface area contributed by atoms with Crippen LogP contribution in [0, 0.1) is 6.92 Å². The Labute approximate surface area is 180 Å². The average Bonchev–Trinajstić information content (AvgIpc) is 3.38. The first-order valence-corrected chi connectivity index (χ1v) is 10.2. The fourth-order valence-corrected chi connectivity index (χ4v) is 4.32. The molecule has 5 rings (SSSR count). The molecule has 0 aliphatic heterocycles. The summed E-state index contributed by atoms with van der Waals surface area (Å²) in [7, 11) is 0. The first kappa shape index (κ1) is 18.9. The van der Waals surface area contributed by atoms with Gasteiger partial charge in [-0.3, -0.25) is 19.3 Å². The number of nitrogens with two attached hydrogens (primary N) is 1. The number of rotatable bonds is 4. The number of thiazole rings is 1. The number of nitrogens with one attached hydrogen (secondary N) is 1. The van der Waals surface area contributed by atoms with Gasteiger partial charge in [-0.15, -0.1) is 0 Å². The van der Waals surface area contributed by atoms with Crippen molar-refractivity contribution in [2.75, 3.05) is 5.32 Å². The maximum Gasteiger partial charge on any atom is 0.274 e. The topological polar surface area (TPSA) is 115 Å². The zero-order valence-corrected chi connectivity index (χ0v) is 17.2. The Morgan fingerprint density at radius 1 is 1.06 bits per heavy atom. The highest BCUT2D eigenvalue weighted by Gasteiger charge is 2.20. The summed E-state index contributed by atoms with van der Waals surface area (Å²) < 4.78 is 2.44. The Bertz CT molecular complexity index is 1470. The van der Waals surface area contributed by atoms with E-state index < -0.39 is 11.8 Å². The molecule has 31 heavy (non-hydrogen) atoms. The molecule has 0 fully saturated rings. The van der Waals surface area contributed by atoms with Crippen LogP contribution in [0.1, 0.15) is 26.5 Å². The molecule has 0 spiro atoms. The lowest BCUT2D eigenvalue weighted by atomic mass is 10.1. The van der Waals surface area contributed by atoms with Crippen molar-refractivity contribution in [3.8, 4) is 11.3 Å². The van der Waals surface area contributed by atoms with Crippen molar-refractivity contribution >= 4 is 44.1 Å². The van der Waals surface area contributed by atoms with Gasteiger partial charge in [-0.25, -0.2) is 15.0 Å². The molecular formula is C22H16N6O2S. The highest BCUT2D eigenvalue weighted by Crippen LogP contribution is 2.29. The summed E-state index contributed by atoms with van der Waals surface area (Å²) in [5.41, 5.74) is 9.16. The first-order valence-electron chi connectivity index (χ1n) is 9.42. The number of amides is 2. The number of benzene rings is 2. The van der Waals surface area contributed by atoms with Gasteiger partial charge in [0, 0.05) is 5.56 Å². The number of carbonyl (C=O) groups is 2. The summed E-state index contributed by atoms with van der Waals surface area (Å²) in [4.78, 5) is 38.2. The quantitative estimate of drug-likeness (QED) is 0.453. The smallest absolute Gasteiger partial charge is 0.274 e. The van der Waals surface area contributed by atoms with Crippen molar-refractivity contribution in [2.24, 2.45) is 5.73 Å². The SMILES string of the molecule is Cc1cccc2sc(NC(=O)c3cc(-c4ccccc4)nc4c(C(N)=O)ncn34)nc12. The molecule has 3 N–H and O–H groups in total. The lowest BCUT2D eigenvalue weighted by molar-refractivity contribution is 0.0993. The van der Waals surface area contributed by atoms with Gasteiger partial charge in [0.15, 0.2) is 16.5 Å². The Balaban J connectivity index is 1.62. The minimum Gasteiger partial charge on any atom is -0.364 e. The van der Waals surface area contributed by atoms with Crippen molar-refractivity contribution in [3.63, 3.8) is 0 Å². The number of nitrogens with zero attached hydrogens (tertiary/aromatic N) is 4. The lowest BCUT2D eigenvalue weighted by Gasteiger charge is -2.09. The molecule has 0 atom stereocenters. The van der Waals surface area contributed by atoms with Crippen LogP contribution >= 0.6 is 11.3 Å². The normalized spacial score (nSPS) is 11.1. The third-order valence-corrected chi connectivity index (χ3v) is 5.81. The van der Waals surface area contributed by atoms with E-state index >= 15 is 0 Å². The molecule has 0 unspecified atom stereocenters. The van der Waals surface area contributed by atoms with E-state index in [0.717, 1.165) is 21.3 Å². The maximum absolute atomic E-state index is 13.2. The van der Waals surface area contributed by atoms with Crippen molar-refractivity contribution in [1.29, 1.82) is 0 Å². The van der Waals surface area contributed by atoms with Gasteiger partial charge in [0.2, 0.25) is 0 Å². The van der Waals surface area contributed by atoms with Crippen LogP contribution in [0.15, 0.2) is 60.9 Å². The molecule has 0 aliphatic carbocycles. The molecule has 0 saturated carbocycles. The third kappa shape index (κ3) is 3.30. The minimum atomic E-state index is -0.715. The number of hydrogen-bond donors (Lipinski definition) is 2. The number of fused-ring (bicyclic) bond motifs is 2. The average molecular weight is 428 g/mol. The molecule has 3 heterocycles. The van der Waals surface area contributed by atoms with Crippen LogP contribution in [0.3, 0.4) is 0 Å². The van der Waals surface area contributed by atoms with Gasteiger partial charge < -0.3 is 5.73 Å². The van der Waals surface area contributed by atoms with E-state index in [9.17, 15) is 9.59 Å². The van der Waals surface area contributed by atoms with Gasteiger partial charge in [0.1, 0.15) is 12.0 Å². The molecule has 3 aromatic heterocycles. The molecule has 2 aromatic carbocycles. The van der Waals surface area contributed by atoms with E-state index in [-0.39, 0.29) is 17.0 Å². The van der Waals surface area contributed by atoms with Crippen LogP contribution in [-0.2, 0) is 0 Å². The van der Waals surface area contributed by atoms with Gasteiger partial charge in [-0.2, -0.15) is 0 Å². The second-order valence-corrected chi connectivity index (χ2v) is 7.97. The standard InChI is InChI=1S/C22H16N6O2S/c1-12-6-5-9-16-17(12)26-22(31-16)27-21(30)15-10-14(13-7-3-2-4-8-13)25-20-18(19(23)29)24-11-28(15)20/h2-11H,1H3,(H2,23,29)(H,26,27,30). The summed E-state index contributed by atoms with van der Waals surface area (Å²) >= 11 is 1.39. The molecule has 8 nitrogen and oxygen atoms in total. The van der Waals surface area contributed by atoms with E-state index in [4.69, 9.17) is 5.73 Å². The predicted molar refractivity (Wildman–Crippen MR) is 119 cm³/mol. The van der Waals surface area contributed by atoms with Crippen LogP contribution in [0.5, 0.6) is 0 Å².